The average Bonchev–Trinajstić information content (AvgIpc) is 2.97. The third-order valence-corrected chi connectivity index (χ3v) is 7.08. The van der Waals surface area contributed by atoms with E-state index in [9.17, 15) is 18.0 Å². The Balaban J connectivity index is 1.76. The van der Waals surface area contributed by atoms with Crippen LogP contribution in [0.5, 0.6) is 0 Å². The number of nitrogens with one attached hydrogen (secondary N) is 1. The maximum Gasteiger partial charge on any atom is 0.274 e. The topological polar surface area (TPSA) is 98.1 Å². The number of hydrogen-bond donors (Lipinski definition) is 1. The number of rotatable bonds is 4. The molecule has 2 heterocycles. The molecule has 1 aliphatic rings. The predicted molar refractivity (Wildman–Crippen MR) is 111 cm³/mol. The highest BCUT2D eigenvalue weighted by molar-refractivity contribution is 7.91. The molecule has 1 amide bonds. The molecule has 0 saturated carbocycles. The minimum absolute atomic E-state index is 0.0471. The molecule has 3 aromatic rings. The first-order valence-corrected chi connectivity index (χ1v) is 11.2. The van der Waals surface area contributed by atoms with Crippen molar-refractivity contribution in [1.82, 2.24) is 15.1 Å². The van der Waals surface area contributed by atoms with Gasteiger partial charge in [0.05, 0.1) is 29.0 Å². The molecule has 1 aromatic heterocycles. The quantitative estimate of drug-likeness (QED) is 0.705. The van der Waals surface area contributed by atoms with E-state index in [-0.39, 0.29) is 29.3 Å². The van der Waals surface area contributed by atoms with Gasteiger partial charge in [0.1, 0.15) is 0 Å². The van der Waals surface area contributed by atoms with Gasteiger partial charge in [0.2, 0.25) is 0 Å². The summed E-state index contributed by atoms with van der Waals surface area (Å²) >= 11 is 0. The molecule has 1 fully saturated rings. The van der Waals surface area contributed by atoms with E-state index in [0.29, 0.717) is 17.2 Å². The lowest BCUT2D eigenvalue weighted by Crippen LogP contribution is -2.47. The number of carbonyl (C=O) groups excluding carboxylic acids is 1. The number of amides is 1. The van der Waals surface area contributed by atoms with Crippen LogP contribution in [0.1, 0.15) is 29.4 Å². The van der Waals surface area contributed by atoms with E-state index in [4.69, 9.17) is 0 Å². The van der Waals surface area contributed by atoms with Gasteiger partial charge in [-0.2, -0.15) is 5.10 Å². The largest absolute Gasteiger partial charge is 0.344 e. The van der Waals surface area contributed by atoms with Crippen LogP contribution in [0.4, 0.5) is 0 Å². The van der Waals surface area contributed by atoms with Gasteiger partial charge >= 0.3 is 0 Å². The van der Waals surface area contributed by atoms with Crippen LogP contribution in [-0.4, -0.2) is 41.2 Å². The summed E-state index contributed by atoms with van der Waals surface area (Å²) < 4.78 is 25.0. The molecular weight excluding hydrogens is 390 g/mol. The standard InChI is InChI=1S/C21H21N3O4S/c1-21(11-12-29(27,28)14-21)22-19(25)18-16-9-5-6-10-17(16)20(26)24(23-18)13-15-7-3-2-4-8-15/h2-10H,11-14H2,1H3,(H,22,25). The van der Waals surface area contributed by atoms with Gasteiger partial charge in [0.15, 0.2) is 15.5 Å². The Labute approximate surface area is 168 Å². The lowest BCUT2D eigenvalue weighted by molar-refractivity contribution is 0.0910. The molecule has 0 aliphatic carbocycles. The summed E-state index contributed by atoms with van der Waals surface area (Å²) in [6.45, 7) is 1.95. The van der Waals surface area contributed by atoms with Crippen LogP contribution in [0.2, 0.25) is 0 Å². The zero-order chi connectivity index (χ0) is 20.6. The monoisotopic (exact) mass is 411 g/mol. The predicted octanol–water partition coefficient (Wildman–Crippen LogP) is 1.75. The molecule has 0 bridgehead atoms. The first kappa shape index (κ1) is 19.3. The van der Waals surface area contributed by atoms with Crippen LogP contribution < -0.4 is 10.9 Å². The Kier molecular flexibility index (Phi) is 4.74. The van der Waals surface area contributed by atoms with Gasteiger partial charge in [-0.1, -0.05) is 48.5 Å². The zero-order valence-electron chi connectivity index (χ0n) is 16.0. The summed E-state index contributed by atoms with van der Waals surface area (Å²) in [4.78, 5) is 26.0. The molecule has 1 N–H and O–H groups in total. The highest BCUT2D eigenvalue weighted by Gasteiger charge is 2.40. The van der Waals surface area contributed by atoms with E-state index in [0.717, 1.165) is 5.56 Å². The van der Waals surface area contributed by atoms with Crippen molar-refractivity contribution in [3.63, 3.8) is 0 Å². The first-order valence-electron chi connectivity index (χ1n) is 9.33. The molecule has 4 rings (SSSR count). The van der Waals surface area contributed by atoms with Gasteiger partial charge < -0.3 is 5.32 Å². The maximum absolute atomic E-state index is 13.1. The van der Waals surface area contributed by atoms with Gasteiger partial charge in [-0.05, 0) is 25.0 Å². The average molecular weight is 411 g/mol. The molecule has 8 heteroatoms. The van der Waals surface area contributed by atoms with Crippen molar-refractivity contribution < 1.29 is 13.2 Å². The fourth-order valence-corrected chi connectivity index (χ4v) is 5.80. The fraction of sp³-hybridized carbons (Fsp3) is 0.286. The van der Waals surface area contributed by atoms with Crippen LogP contribution in [0, 0.1) is 0 Å². The number of benzene rings is 2. The number of aromatic nitrogens is 2. The van der Waals surface area contributed by atoms with E-state index in [1.807, 2.05) is 30.3 Å². The van der Waals surface area contributed by atoms with Gasteiger partial charge in [0, 0.05) is 5.39 Å². The SMILES string of the molecule is CC1(NC(=O)c2nn(Cc3ccccc3)c(=O)c3ccccc23)CCS(=O)(=O)C1. The summed E-state index contributed by atoms with van der Waals surface area (Å²) in [6, 6.07) is 16.2. The van der Waals surface area contributed by atoms with Crippen LogP contribution in [-0.2, 0) is 16.4 Å². The lowest BCUT2D eigenvalue weighted by Gasteiger charge is -2.24. The maximum atomic E-state index is 13.1. The zero-order valence-corrected chi connectivity index (χ0v) is 16.8. The molecule has 29 heavy (non-hydrogen) atoms. The molecule has 1 saturated heterocycles. The number of hydrogen-bond acceptors (Lipinski definition) is 5. The molecule has 2 aromatic carbocycles. The minimum atomic E-state index is -3.17. The van der Waals surface area contributed by atoms with Crippen molar-refractivity contribution >= 4 is 26.5 Å². The molecule has 0 radical (unpaired) electrons. The molecule has 1 unspecified atom stereocenters. The second-order valence-electron chi connectivity index (χ2n) is 7.70. The molecule has 7 nitrogen and oxygen atoms in total. The Morgan fingerprint density at radius 1 is 1.10 bits per heavy atom. The number of carbonyl (C=O) groups is 1. The van der Waals surface area contributed by atoms with Gasteiger partial charge in [-0.15, -0.1) is 0 Å². The van der Waals surface area contributed by atoms with Crippen LogP contribution in [0.15, 0.2) is 59.4 Å². The third-order valence-electron chi connectivity index (χ3n) is 5.18. The summed E-state index contributed by atoms with van der Waals surface area (Å²) in [7, 11) is -3.17. The smallest absolute Gasteiger partial charge is 0.274 e. The van der Waals surface area contributed by atoms with E-state index >= 15 is 0 Å². The molecule has 1 aliphatic heterocycles. The van der Waals surface area contributed by atoms with Crippen molar-refractivity contribution in [1.29, 1.82) is 0 Å². The molecule has 1 atom stereocenters. The van der Waals surface area contributed by atoms with Crippen molar-refractivity contribution in [2.45, 2.75) is 25.4 Å². The Morgan fingerprint density at radius 3 is 2.41 bits per heavy atom. The van der Waals surface area contributed by atoms with E-state index in [1.54, 1.807) is 31.2 Å². The second-order valence-corrected chi connectivity index (χ2v) is 9.88. The minimum Gasteiger partial charge on any atom is -0.344 e. The molecule has 150 valence electrons. The summed E-state index contributed by atoms with van der Waals surface area (Å²) in [5.41, 5.74) is -0.131. The van der Waals surface area contributed by atoms with E-state index in [1.165, 1.54) is 4.68 Å². The Hall–Kier alpha value is -3.00. The number of fused-ring (bicyclic) bond motifs is 1. The van der Waals surface area contributed by atoms with E-state index in [2.05, 4.69) is 10.4 Å². The van der Waals surface area contributed by atoms with Gasteiger partial charge in [-0.25, -0.2) is 13.1 Å². The van der Waals surface area contributed by atoms with Crippen LogP contribution in [0.3, 0.4) is 0 Å². The number of nitrogens with zero attached hydrogens (tertiary/aromatic N) is 2. The first-order chi connectivity index (χ1) is 13.8. The second kappa shape index (κ2) is 7.11. The fourth-order valence-electron chi connectivity index (χ4n) is 3.71. The summed E-state index contributed by atoms with van der Waals surface area (Å²) in [5.74, 6) is -0.540. The summed E-state index contributed by atoms with van der Waals surface area (Å²) in [5, 5.41) is 8.03. The normalized spacial score (nSPS) is 20.6. The van der Waals surface area contributed by atoms with Gasteiger partial charge in [-0.3, -0.25) is 9.59 Å². The highest BCUT2D eigenvalue weighted by Crippen LogP contribution is 2.24. The highest BCUT2D eigenvalue weighted by atomic mass is 32.2. The van der Waals surface area contributed by atoms with E-state index < -0.39 is 21.3 Å². The number of sulfone groups is 1. The molecular formula is C21H21N3O4S. The third kappa shape index (κ3) is 3.93. The Morgan fingerprint density at radius 2 is 1.76 bits per heavy atom. The lowest BCUT2D eigenvalue weighted by atomic mass is 10.0. The van der Waals surface area contributed by atoms with Crippen molar-refractivity contribution in [3.05, 3.63) is 76.2 Å². The Bertz CT molecular complexity index is 1250. The van der Waals surface area contributed by atoms with Crippen molar-refractivity contribution in [2.24, 2.45) is 0 Å². The van der Waals surface area contributed by atoms with Crippen LogP contribution >= 0.6 is 0 Å². The molecule has 0 spiro atoms. The van der Waals surface area contributed by atoms with Crippen molar-refractivity contribution in [3.8, 4) is 0 Å². The van der Waals surface area contributed by atoms with Gasteiger partial charge in [0.25, 0.3) is 11.5 Å². The van der Waals surface area contributed by atoms with Crippen molar-refractivity contribution in [2.75, 3.05) is 11.5 Å². The van der Waals surface area contributed by atoms with Crippen LogP contribution in [0.25, 0.3) is 10.8 Å². The summed E-state index contributed by atoms with van der Waals surface area (Å²) in [6.07, 6.45) is 0.350.